The Morgan fingerprint density at radius 1 is 1.45 bits per heavy atom. The lowest BCUT2D eigenvalue weighted by molar-refractivity contribution is 0.103. The van der Waals surface area contributed by atoms with Crippen molar-refractivity contribution in [3.63, 3.8) is 0 Å². The lowest BCUT2D eigenvalue weighted by atomic mass is 10.2. The summed E-state index contributed by atoms with van der Waals surface area (Å²) < 4.78 is 13.5. The number of nitrogens with two attached hydrogens (primary N) is 1. The summed E-state index contributed by atoms with van der Waals surface area (Å²) in [6.45, 7) is 2.14. The van der Waals surface area contributed by atoms with Crippen LogP contribution >= 0.6 is 11.3 Å². The summed E-state index contributed by atoms with van der Waals surface area (Å²) in [6.07, 6.45) is 0. The largest absolute Gasteiger partial charge is 0.320 e. The van der Waals surface area contributed by atoms with Gasteiger partial charge in [-0.1, -0.05) is 24.0 Å². The number of anilines is 1. The highest BCUT2D eigenvalue weighted by atomic mass is 32.1. The number of carbonyl (C=O) groups excluding carboxylic acids is 1. The molecule has 1 aromatic carbocycles. The summed E-state index contributed by atoms with van der Waals surface area (Å²) in [5.41, 5.74) is 6.40. The van der Waals surface area contributed by atoms with Crippen LogP contribution in [0.5, 0.6) is 0 Å². The second-order valence-corrected chi connectivity index (χ2v) is 5.11. The van der Waals surface area contributed by atoms with E-state index >= 15 is 0 Å². The standard InChI is InChI=1S/C15H13FN2OS/c1-10-9-14(20-13(10)7-4-8-17)15(19)18-12-6-3-2-5-11(12)16/h2-3,5-6,9H,8,17H2,1H3,(H,18,19). The number of amides is 1. The van der Waals surface area contributed by atoms with Crippen LogP contribution in [-0.2, 0) is 0 Å². The van der Waals surface area contributed by atoms with Gasteiger partial charge in [0.05, 0.1) is 22.0 Å². The van der Waals surface area contributed by atoms with Crippen molar-refractivity contribution in [1.29, 1.82) is 0 Å². The number of carbonyl (C=O) groups is 1. The first-order valence-electron chi connectivity index (χ1n) is 5.97. The van der Waals surface area contributed by atoms with Crippen LogP contribution < -0.4 is 11.1 Å². The molecule has 0 saturated heterocycles. The molecule has 0 aliphatic rings. The van der Waals surface area contributed by atoms with Crippen LogP contribution in [0.3, 0.4) is 0 Å². The fraction of sp³-hybridized carbons (Fsp3) is 0.133. The molecule has 3 N–H and O–H groups in total. The van der Waals surface area contributed by atoms with Crippen molar-refractivity contribution in [3.8, 4) is 11.8 Å². The molecule has 0 saturated carbocycles. The molecule has 0 bridgehead atoms. The minimum Gasteiger partial charge on any atom is -0.320 e. The molecule has 0 aliphatic carbocycles. The molecule has 0 fully saturated rings. The van der Waals surface area contributed by atoms with E-state index < -0.39 is 5.82 Å². The van der Waals surface area contributed by atoms with Gasteiger partial charge < -0.3 is 11.1 Å². The van der Waals surface area contributed by atoms with Gasteiger partial charge in [-0.05, 0) is 30.7 Å². The predicted octanol–water partition coefficient (Wildman–Crippen LogP) is 2.76. The molecular weight excluding hydrogens is 275 g/mol. The molecule has 102 valence electrons. The maximum absolute atomic E-state index is 13.5. The first kappa shape index (κ1) is 14.3. The van der Waals surface area contributed by atoms with Crippen LogP contribution in [0.15, 0.2) is 30.3 Å². The second kappa shape index (κ2) is 6.33. The smallest absolute Gasteiger partial charge is 0.265 e. The summed E-state index contributed by atoms with van der Waals surface area (Å²) in [6, 6.07) is 7.79. The van der Waals surface area contributed by atoms with Crippen molar-refractivity contribution in [2.24, 2.45) is 5.73 Å². The number of hydrogen-bond acceptors (Lipinski definition) is 3. The summed E-state index contributed by atoms with van der Waals surface area (Å²) in [5.74, 6) is 4.86. The number of nitrogens with one attached hydrogen (secondary N) is 1. The van der Waals surface area contributed by atoms with E-state index in [0.717, 1.165) is 10.4 Å². The summed E-state index contributed by atoms with van der Waals surface area (Å²) >= 11 is 1.27. The van der Waals surface area contributed by atoms with E-state index in [0.29, 0.717) is 4.88 Å². The third-order valence-electron chi connectivity index (χ3n) is 2.57. The molecule has 3 nitrogen and oxygen atoms in total. The van der Waals surface area contributed by atoms with E-state index in [2.05, 4.69) is 17.2 Å². The first-order valence-corrected chi connectivity index (χ1v) is 6.78. The van der Waals surface area contributed by atoms with Gasteiger partial charge >= 0.3 is 0 Å². The maximum atomic E-state index is 13.5. The number of hydrogen-bond donors (Lipinski definition) is 2. The minimum absolute atomic E-state index is 0.165. The van der Waals surface area contributed by atoms with Gasteiger partial charge in [-0.25, -0.2) is 4.39 Å². The van der Waals surface area contributed by atoms with Crippen molar-refractivity contribution < 1.29 is 9.18 Å². The maximum Gasteiger partial charge on any atom is 0.265 e. The Kier molecular flexibility index (Phi) is 4.51. The van der Waals surface area contributed by atoms with Gasteiger partial charge in [-0.3, -0.25) is 4.79 Å². The topological polar surface area (TPSA) is 55.1 Å². The van der Waals surface area contributed by atoms with Crippen LogP contribution in [-0.4, -0.2) is 12.5 Å². The van der Waals surface area contributed by atoms with E-state index in [1.54, 1.807) is 18.2 Å². The molecule has 20 heavy (non-hydrogen) atoms. The van der Waals surface area contributed by atoms with E-state index in [4.69, 9.17) is 5.73 Å². The van der Waals surface area contributed by atoms with E-state index in [1.807, 2.05) is 6.92 Å². The number of thiophene rings is 1. The Balaban J connectivity index is 2.20. The third-order valence-corrected chi connectivity index (χ3v) is 3.72. The fourth-order valence-corrected chi connectivity index (χ4v) is 2.54. The summed E-state index contributed by atoms with van der Waals surface area (Å²) in [5, 5.41) is 2.55. The molecule has 1 amide bonds. The molecule has 5 heteroatoms. The van der Waals surface area contributed by atoms with Crippen LogP contribution in [0.4, 0.5) is 10.1 Å². The molecule has 0 spiro atoms. The SMILES string of the molecule is Cc1cc(C(=O)Nc2ccccc2F)sc1C#CCN. The van der Waals surface area contributed by atoms with Gasteiger partial charge in [0.2, 0.25) is 0 Å². The lowest BCUT2D eigenvalue weighted by Crippen LogP contribution is -2.11. The Morgan fingerprint density at radius 3 is 2.90 bits per heavy atom. The van der Waals surface area contributed by atoms with Crippen molar-refractivity contribution in [1.82, 2.24) is 0 Å². The van der Waals surface area contributed by atoms with Gasteiger partial charge in [0.15, 0.2) is 0 Å². The first-order chi connectivity index (χ1) is 9.61. The third kappa shape index (κ3) is 3.23. The van der Waals surface area contributed by atoms with Crippen molar-refractivity contribution in [2.75, 3.05) is 11.9 Å². The number of halogens is 1. The number of aryl methyl sites for hydroxylation is 1. The van der Waals surface area contributed by atoms with Gasteiger partial charge in [-0.2, -0.15) is 0 Å². The zero-order valence-corrected chi connectivity index (χ0v) is 11.7. The molecule has 2 aromatic rings. The molecule has 0 radical (unpaired) electrons. The second-order valence-electron chi connectivity index (χ2n) is 4.06. The van der Waals surface area contributed by atoms with Crippen LogP contribution in [0.25, 0.3) is 0 Å². The van der Waals surface area contributed by atoms with Gasteiger partial charge in [0, 0.05) is 0 Å². The van der Waals surface area contributed by atoms with Gasteiger partial charge in [-0.15, -0.1) is 11.3 Å². The average Bonchev–Trinajstić information content (AvgIpc) is 2.80. The van der Waals surface area contributed by atoms with Gasteiger partial charge in [0.25, 0.3) is 5.91 Å². The van der Waals surface area contributed by atoms with E-state index in [9.17, 15) is 9.18 Å². The molecule has 0 atom stereocenters. The number of benzene rings is 1. The molecular formula is C15H13FN2OS. The van der Waals surface area contributed by atoms with Crippen molar-refractivity contribution in [2.45, 2.75) is 6.92 Å². The highest BCUT2D eigenvalue weighted by molar-refractivity contribution is 7.14. The summed E-state index contributed by atoms with van der Waals surface area (Å²) in [4.78, 5) is 13.4. The van der Waals surface area contributed by atoms with Crippen molar-refractivity contribution in [3.05, 3.63) is 51.5 Å². The molecule has 0 aliphatic heterocycles. The molecule has 1 aromatic heterocycles. The van der Waals surface area contributed by atoms with E-state index in [-0.39, 0.29) is 18.1 Å². The number of rotatable bonds is 2. The monoisotopic (exact) mass is 288 g/mol. The Labute approximate surface area is 120 Å². The minimum atomic E-state index is -0.461. The fourth-order valence-electron chi connectivity index (χ4n) is 1.60. The Hall–Kier alpha value is -2.16. The highest BCUT2D eigenvalue weighted by Gasteiger charge is 2.13. The Bertz CT molecular complexity index is 697. The van der Waals surface area contributed by atoms with Gasteiger partial charge in [0.1, 0.15) is 5.82 Å². The lowest BCUT2D eigenvalue weighted by Gasteiger charge is -2.03. The van der Waals surface area contributed by atoms with Crippen LogP contribution in [0, 0.1) is 24.6 Å². The Morgan fingerprint density at radius 2 is 2.20 bits per heavy atom. The molecule has 0 unspecified atom stereocenters. The zero-order valence-electron chi connectivity index (χ0n) is 10.9. The van der Waals surface area contributed by atoms with Crippen molar-refractivity contribution >= 4 is 22.9 Å². The van der Waals surface area contributed by atoms with Crippen LogP contribution in [0.1, 0.15) is 20.1 Å². The normalized spacial score (nSPS) is 9.75. The van der Waals surface area contributed by atoms with Crippen LogP contribution in [0.2, 0.25) is 0 Å². The summed E-state index contributed by atoms with van der Waals surface area (Å²) in [7, 11) is 0. The predicted molar refractivity (Wildman–Crippen MR) is 79.3 cm³/mol. The number of para-hydroxylation sites is 1. The highest BCUT2D eigenvalue weighted by Crippen LogP contribution is 2.22. The average molecular weight is 288 g/mol. The van der Waals surface area contributed by atoms with E-state index in [1.165, 1.54) is 23.5 Å². The zero-order chi connectivity index (χ0) is 14.5. The quantitative estimate of drug-likeness (QED) is 0.835. The molecule has 2 rings (SSSR count). The molecule has 1 heterocycles.